The number of benzene rings is 3. The molecule has 0 radical (unpaired) electrons. The van der Waals surface area contributed by atoms with E-state index < -0.39 is 0 Å². The molecular formula is C21H15Cl2FN2O3. The van der Waals surface area contributed by atoms with Gasteiger partial charge in [0, 0.05) is 11.6 Å². The summed E-state index contributed by atoms with van der Waals surface area (Å²) in [6.45, 7) is 0.599. The Morgan fingerprint density at radius 3 is 2.45 bits per heavy atom. The van der Waals surface area contributed by atoms with Crippen LogP contribution in [-0.2, 0) is 11.4 Å². The second kappa shape index (κ2) is 8.29. The van der Waals surface area contributed by atoms with E-state index in [0.717, 1.165) is 5.56 Å². The van der Waals surface area contributed by atoms with Crippen LogP contribution >= 0.6 is 23.2 Å². The first-order chi connectivity index (χ1) is 14.0. The first-order valence-electron chi connectivity index (χ1n) is 8.65. The molecule has 1 N–H and O–H groups in total. The van der Waals surface area contributed by atoms with Crippen molar-refractivity contribution >= 4 is 29.0 Å². The van der Waals surface area contributed by atoms with Gasteiger partial charge in [-0.25, -0.2) is 19.3 Å². The van der Waals surface area contributed by atoms with Crippen molar-refractivity contribution in [3.05, 3.63) is 87.7 Å². The molecular weight excluding hydrogens is 418 g/mol. The third kappa shape index (κ3) is 4.45. The molecule has 0 atom stereocenters. The topological polar surface area (TPSA) is 54.3 Å². The lowest BCUT2D eigenvalue weighted by atomic mass is 10.1. The third-order valence-corrected chi connectivity index (χ3v) is 4.80. The monoisotopic (exact) mass is 432 g/mol. The van der Waals surface area contributed by atoms with Crippen LogP contribution in [-0.4, -0.2) is 22.7 Å². The Kier molecular flexibility index (Phi) is 5.58. The van der Waals surface area contributed by atoms with Gasteiger partial charge in [0.25, 0.3) is 0 Å². The van der Waals surface area contributed by atoms with Crippen molar-refractivity contribution in [3.63, 3.8) is 0 Å². The fraction of sp³-hybridized carbons (Fsp3) is 0.0952. The maximum atomic E-state index is 13.3. The number of phenols is 1. The smallest absolute Gasteiger partial charge is 0.167 e. The molecule has 148 valence electrons. The van der Waals surface area contributed by atoms with E-state index in [-0.39, 0.29) is 28.3 Å². The molecule has 29 heavy (non-hydrogen) atoms. The number of amidine groups is 1. The number of ether oxygens (including phenoxy) is 1. The van der Waals surface area contributed by atoms with E-state index >= 15 is 0 Å². The quantitative estimate of drug-likeness (QED) is 0.554. The number of phenolic OH excluding ortho intramolecular Hbond substituents is 1. The number of aliphatic imine (C=N–C) groups is 1. The minimum absolute atomic E-state index is 0.140. The van der Waals surface area contributed by atoms with Crippen molar-refractivity contribution in [1.82, 2.24) is 5.06 Å². The summed E-state index contributed by atoms with van der Waals surface area (Å²) in [6, 6.07) is 16.5. The highest BCUT2D eigenvalue weighted by molar-refractivity contribution is 6.37. The molecule has 1 aliphatic rings. The standard InChI is InChI=1S/C21H15Cl2FN2O3/c22-18-8-14(9-19(23)20(18)27)21-25-12-28-26(21)11-13-4-6-16(7-5-13)29-17-3-1-2-15(24)10-17/h1-10,27H,11-12H2. The number of rotatable bonds is 5. The molecule has 0 saturated heterocycles. The van der Waals surface area contributed by atoms with Gasteiger partial charge in [0.2, 0.25) is 0 Å². The molecule has 0 fully saturated rings. The Bertz CT molecular complexity index is 1050. The van der Waals surface area contributed by atoms with Crippen LogP contribution in [0.1, 0.15) is 11.1 Å². The number of aromatic hydroxyl groups is 1. The van der Waals surface area contributed by atoms with Gasteiger partial charge >= 0.3 is 0 Å². The summed E-state index contributed by atoms with van der Waals surface area (Å²) in [6.07, 6.45) is 0. The lowest BCUT2D eigenvalue weighted by Gasteiger charge is -2.19. The first kappa shape index (κ1) is 19.5. The molecule has 8 heteroatoms. The fourth-order valence-electron chi connectivity index (χ4n) is 2.85. The van der Waals surface area contributed by atoms with E-state index in [0.29, 0.717) is 29.4 Å². The van der Waals surface area contributed by atoms with Gasteiger partial charge in [-0.15, -0.1) is 0 Å². The van der Waals surface area contributed by atoms with E-state index in [9.17, 15) is 9.50 Å². The Morgan fingerprint density at radius 2 is 1.76 bits per heavy atom. The van der Waals surface area contributed by atoms with Crippen molar-refractivity contribution in [2.24, 2.45) is 4.99 Å². The molecule has 3 aromatic carbocycles. The summed E-state index contributed by atoms with van der Waals surface area (Å²) in [4.78, 5) is 9.92. The Hall–Kier alpha value is -2.80. The van der Waals surface area contributed by atoms with Crippen molar-refractivity contribution in [2.75, 3.05) is 6.73 Å². The molecule has 3 aromatic rings. The number of hydrogen-bond donors (Lipinski definition) is 1. The van der Waals surface area contributed by atoms with E-state index in [1.54, 1.807) is 41.5 Å². The summed E-state index contributed by atoms with van der Waals surface area (Å²) in [5.74, 6) is 1.06. The summed E-state index contributed by atoms with van der Waals surface area (Å²) in [7, 11) is 0. The van der Waals surface area contributed by atoms with Gasteiger partial charge in [0.15, 0.2) is 18.3 Å². The molecule has 1 heterocycles. The molecule has 0 unspecified atom stereocenters. The first-order valence-corrected chi connectivity index (χ1v) is 9.41. The number of halogens is 3. The van der Waals surface area contributed by atoms with Gasteiger partial charge < -0.3 is 9.84 Å². The van der Waals surface area contributed by atoms with Crippen LogP contribution in [0.15, 0.2) is 65.7 Å². The average Bonchev–Trinajstić information content (AvgIpc) is 3.15. The maximum absolute atomic E-state index is 13.3. The van der Waals surface area contributed by atoms with E-state index in [2.05, 4.69) is 4.99 Å². The SMILES string of the molecule is Oc1c(Cl)cc(C2=NCON2Cc2ccc(Oc3cccc(F)c3)cc2)cc1Cl. The van der Waals surface area contributed by atoms with Crippen LogP contribution in [0.5, 0.6) is 17.2 Å². The molecule has 0 spiro atoms. The summed E-state index contributed by atoms with van der Waals surface area (Å²) in [5, 5.41) is 11.6. The molecule has 0 bridgehead atoms. The van der Waals surface area contributed by atoms with Crippen LogP contribution in [0.3, 0.4) is 0 Å². The summed E-state index contributed by atoms with van der Waals surface area (Å²) >= 11 is 12.0. The predicted molar refractivity (Wildman–Crippen MR) is 109 cm³/mol. The highest BCUT2D eigenvalue weighted by Gasteiger charge is 2.22. The molecule has 0 amide bonds. The molecule has 0 aromatic heterocycles. The van der Waals surface area contributed by atoms with Gasteiger partial charge in [-0.1, -0.05) is 41.4 Å². The number of nitrogens with zero attached hydrogens (tertiary/aromatic N) is 2. The minimum Gasteiger partial charge on any atom is -0.505 e. The predicted octanol–water partition coefficient (Wildman–Crippen LogP) is 5.78. The van der Waals surface area contributed by atoms with Crippen LogP contribution in [0.4, 0.5) is 4.39 Å². The van der Waals surface area contributed by atoms with Crippen LogP contribution in [0.25, 0.3) is 0 Å². The zero-order valence-electron chi connectivity index (χ0n) is 15.0. The minimum atomic E-state index is -0.355. The van der Waals surface area contributed by atoms with Crippen molar-refractivity contribution in [3.8, 4) is 17.2 Å². The lowest BCUT2D eigenvalue weighted by Crippen LogP contribution is -2.26. The van der Waals surface area contributed by atoms with Crippen LogP contribution in [0.2, 0.25) is 10.0 Å². The maximum Gasteiger partial charge on any atom is 0.167 e. The Balaban J connectivity index is 1.47. The van der Waals surface area contributed by atoms with E-state index in [4.69, 9.17) is 32.8 Å². The lowest BCUT2D eigenvalue weighted by molar-refractivity contribution is -0.0821. The largest absolute Gasteiger partial charge is 0.505 e. The van der Waals surface area contributed by atoms with Gasteiger partial charge in [0.1, 0.15) is 17.3 Å². The second-order valence-electron chi connectivity index (χ2n) is 6.27. The van der Waals surface area contributed by atoms with Crippen LogP contribution < -0.4 is 4.74 Å². The zero-order chi connectivity index (χ0) is 20.4. The van der Waals surface area contributed by atoms with Gasteiger partial charge in [-0.05, 0) is 42.0 Å². The molecule has 5 nitrogen and oxygen atoms in total. The van der Waals surface area contributed by atoms with E-state index in [1.807, 2.05) is 12.1 Å². The summed E-state index contributed by atoms with van der Waals surface area (Å²) < 4.78 is 18.9. The Labute approximate surface area is 176 Å². The molecule has 0 aliphatic carbocycles. The fourth-order valence-corrected chi connectivity index (χ4v) is 3.33. The summed E-state index contributed by atoms with van der Waals surface area (Å²) in [5.41, 5.74) is 1.59. The van der Waals surface area contributed by atoms with Gasteiger partial charge in [-0.2, -0.15) is 0 Å². The molecule has 1 aliphatic heterocycles. The highest BCUT2D eigenvalue weighted by Crippen LogP contribution is 2.34. The number of hydroxylamine groups is 2. The third-order valence-electron chi connectivity index (χ3n) is 4.22. The number of hydrogen-bond acceptors (Lipinski definition) is 5. The van der Waals surface area contributed by atoms with E-state index in [1.165, 1.54) is 12.1 Å². The van der Waals surface area contributed by atoms with Crippen molar-refractivity contribution in [2.45, 2.75) is 6.54 Å². The molecule has 0 saturated carbocycles. The highest BCUT2D eigenvalue weighted by atomic mass is 35.5. The second-order valence-corrected chi connectivity index (χ2v) is 7.08. The van der Waals surface area contributed by atoms with Gasteiger partial charge in [0.05, 0.1) is 16.6 Å². The van der Waals surface area contributed by atoms with Gasteiger partial charge in [-0.3, -0.25) is 0 Å². The van der Waals surface area contributed by atoms with Crippen molar-refractivity contribution in [1.29, 1.82) is 0 Å². The molecule has 4 rings (SSSR count). The van der Waals surface area contributed by atoms with Crippen LogP contribution in [0, 0.1) is 5.82 Å². The Morgan fingerprint density at radius 1 is 1.03 bits per heavy atom. The normalized spacial score (nSPS) is 13.5. The average molecular weight is 433 g/mol. The zero-order valence-corrected chi connectivity index (χ0v) is 16.5. The van der Waals surface area contributed by atoms with Crippen molar-refractivity contribution < 1.29 is 19.1 Å².